The van der Waals surface area contributed by atoms with E-state index in [9.17, 15) is 4.79 Å². The Morgan fingerprint density at radius 1 is 1.07 bits per heavy atom. The smallest absolute Gasteiger partial charge is 0.260 e. The Morgan fingerprint density at radius 2 is 1.75 bits per heavy atom. The summed E-state index contributed by atoms with van der Waals surface area (Å²) in [6.07, 6.45) is 0. The van der Waals surface area contributed by atoms with Gasteiger partial charge in [-0.15, -0.1) is 0 Å². The Morgan fingerprint density at radius 3 is 2.39 bits per heavy atom. The fourth-order valence-electron chi connectivity index (χ4n) is 3.29. The van der Waals surface area contributed by atoms with Crippen LogP contribution in [0.2, 0.25) is 0 Å². The number of anilines is 1. The first kappa shape index (κ1) is 21.0. The highest BCUT2D eigenvalue weighted by atomic mass is 79.9. The number of nitrogens with zero attached hydrogens (tertiary/aromatic N) is 3. The Kier molecular flexibility index (Phi) is 6.86. The van der Waals surface area contributed by atoms with Crippen LogP contribution >= 0.6 is 27.3 Å². The standard InChI is InChI=1S/C22H26BrN3OS/c1-5-25(6-2)11-12-26(21(27)17-7-9-18(23)10-8-17)22-24-19-14-15(3)13-16(4)20(19)28-22/h7-10,13-14H,5-6,11-12H2,1-4H3. The molecule has 0 fully saturated rings. The molecule has 28 heavy (non-hydrogen) atoms. The molecule has 0 saturated heterocycles. The van der Waals surface area contributed by atoms with Crippen LogP contribution in [0.15, 0.2) is 40.9 Å². The fraction of sp³-hybridized carbons (Fsp3) is 0.364. The lowest BCUT2D eigenvalue weighted by atomic mass is 10.1. The number of amides is 1. The predicted molar refractivity (Wildman–Crippen MR) is 123 cm³/mol. The number of carbonyl (C=O) groups is 1. The van der Waals surface area contributed by atoms with Gasteiger partial charge < -0.3 is 4.90 Å². The normalized spacial score (nSPS) is 11.4. The van der Waals surface area contributed by atoms with Crippen LogP contribution in [0, 0.1) is 13.8 Å². The third-order valence-electron chi connectivity index (χ3n) is 4.91. The molecule has 0 saturated carbocycles. The maximum Gasteiger partial charge on any atom is 0.260 e. The van der Waals surface area contributed by atoms with Gasteiger partial charge >= 0.3 is 0 Å². The number of hydrogen-bond donors (Lipinski definition) is 0. The van der Waals surface area contributed by atoms with Gasteiger partial charge in [-0.25, -0.2) is 4.98 Å². The maximum absolute atomic E-state index is 13.3. The SMILES string of the molecule is CCN(CC)CCN(C(=O)c1ccc(Br)cc1)c1nc2cc(C)cc(C)c2s1. The molecule has 6 heteroatoms. The lowest BCUT2D eigenvalue weighted by Gasteiger charge is -2.24. The number of aromatic nitrogens is 1. The molecule has 0 radical (unpaired) electrons. The zero-order valence-electron chi connectivity index (χ0n) is 16.8. The number of halogens is 1. The summed E-state index contributed by atoms with van der Waals surface area (Å²) in [5.74, 6) is -0.00640. The van der Waals surface area contributed by atoms with E-state index in [1.54, 1.807) is 11.3 Å². The number of fused-ring (bicyclic) bond motifs is 1. The van der Waals surface area contributed by atoms with Gasteiger partial charge in [0.1, 0.15) is 0 Å². The maximum atomic E-state index is 13.3. The summed E-state index contributed by atoms with van der Waals surface area (Å²) in [5.41, 5.74) is 4.04. The Labute approximate surface area is 179 Å². The van der Waals surface area contributed by atoms with Crippen LogP contribution in [0.4, 0.5) is 5.13 Å². The summed E-state index contributed by atoms with van der Waals surface area (Å²) >= 11 is 5.04. The molecule has 3 aromatic rings. The number of aryl methyl sites for hydroxylation is 2. The zero-order valence-corrected chi connectivity index (χ0v) is 19.2. The van der Waals surface area contributed by atoms with Crippen LogP contribution < -0.4 is 4.90 Å². The molecule has 1 amide bonds. The van der Waals surface area contributed by atoms with Gasteiger partial charge in [0.05, 0.1) is 10.2 Å². The topological polar surface area (TPSA) is 36.4 Å². The van der Waals surface area contributed by atoms with Crippen LogP contribution in [0.5, 0.6) is 0 Å². The van der Waals surface area contributed by atoms with Crippen molar-refractivity contribution in [2.75, 3.05) is 31.1 Å². The molecule has 0 bridgehead atoms. The second-order valence-electron chi connectivity index (χ2n) is 6.92. The van der Waals surface area contributed by atoms with Gasteiger partial charge in [0.15, 0.2) is 5.13 Å². The van der Waals surface area contributed by atoms with Gasteiger partial charge in [0.25, 0.3) is 5.91 Å². The highest BCUT2D eigenvalue weighted by Crippen LogP contribution is 2.32. The third kappa shape index (κ3) is 4.62. The van der Waals surface area contributed by atoms with E-state index in [1.807, 2.05) is 29.2 Å². The molecule has 4 nitrogen and oxygen atoms in total. The summed E-state index contributed by atoms with van der Waals surface area (Å²) in [6.45, 7) is 11.9. The fourth-order valence-corrected chi connectivity index (χ4v) is 4.60. The van der Waals surface area contributed by atoms with Gasteiger partial charge in [-0.2, -0.15) is 0 Å². The minimum absolute atomic E-state index is 0.00640. The van der Waals surface area contributed by atoms with E-state index in [0.29, 0.717) is 12.1 Å². The van der Waals surface area contributed by atoms with Crippen molar-refractivity contribution in [3.63, 3.8) is 0 Å². The van der Waals surface area contributed by atoms with E-state index in [0.717, 1.165) is 39.5 Å². The first-order chi connectivity index (χ1) is 13.4. The number of hydrogen-bond acceptors (Lipinski definition) is 4. The van der Waals surface area contributed by atoms with Crippen molar-refractivity contribution in [1.82, 2.24) is 9.88 Å². The lowest BCUT2D eigenvalue weighted by molar-refractivity contribution is 0.0984. The van der Waals surface area contributed by atoms with Crippen LogP contribution in [0.25, 0.3) is 10.2 Å². The van der Waals surface area contributed by atoms with Crippen LogP contribution in [-0.4, -0.2) is 42.0 Å². The van der Waals surface area contributed by atoms with E-state index in [1.165, 1.54) is 11.1 Å². The van der Waals surface area contributed by atoms with Gasteiger partial charge in [-0.1, -0.05) is 47.2 Å². The Bertz CT molecular complexity index is 964. The summed E-state index contributed by atoms with van der Waals surface area (Å²) in [4.78, 5) is 22.3. The molecule has 1 aromatic heterocycles. The molecule has 0 N–H and O–H groups in total. The van der Waals surface area contributed by atoms with E-state index >= 15 is 0 Å². The summed E-state index contributed by atoms with van der Waals surface area (Å²) in [7, 11) is 0. The van der Waals surface area contributed by atoms with E-state index in [2.05, 4.69) is 60.7 Å². The first-order valence-electron chi connectivity index (χ1n) is 9.60. The third-order valence-corrected chi connectivity index (χ3v) is 6.67. The number of rotatable bonds is 7. The van der Waals surface area contributed by atoms with Crippen molar-refractivity contribution in [2.45, 2.75) is 27.7 Å². The van der Waals surface area contributed by atoms with Crippen molar-refractivity contribution in [1.29, 1.82) is 0 Å². The van der Waals surface area contributed by atoms with Gasteiger partial charge in [-0.05, 0) is 68.4 Å². The van der Waals surface area contributed by atoms with Crippen LogP contribution in [-0.2, 0) is 0 Å². The summed E-state index contributed by atoms with van der Waals surface area (Å²) < 4.78 is 2.11. The second-order valence-corrected chi connectivity index (χ2v) is 8.81. The summed E-state index contributed by atoms with van der Waals surface area (Å²) in [5, 5.41) is 0.767. The quantitative estimate of drug-likeness (QED) is 0.456. The number of thiazole rings is 1. The molecule has 0 unspecified atom stereocenters. The molecule has 0 atom stereocenters. The molecule has 0 aliphatic carbocycles. The number of carbonyl (C=O) groups excluding carboxylic acids is 1. The molecule has 148 valence electrons. The number of likely N-dealkylation sites (N-methyl/N-ethyl adjacent to an activating group) is 1. The molecule has 3 rings (SSSR count). The predicted octanol–water partition coefficient (Wildman–Crippen LogP) is 5.66. The molecule has 1 heterocycles. The van der Waals surface area contributed by atoms with Crippen LogP contribution in [0.1, 0.15) is 35.3 Å². The van der Waals surface area contributed by atoms with Gasteiger partial charge in [-0.3, -0.25) is 9.69 Å². The summed E-state index contributed by atoms with van der Waals surface area (Å²) in [6, 6.07) is 11.8. The molecule has 0 aliphatic rings. The molecular weight excluding hydrogens is 434 g/mol. The van der Waals surface area contributed by atoms with E-state index in [-0.39, 0.29) is 5.91 Å². The number of benzene rings is 2. The van der Waals surface area contributed by atoms with Crippen molar-refractivity contribution in [3.8, 4) is 0 Å². The average Bonchev–Trinajstić information content (AvgIpc) is 3.09. The average molecular weight is 460 g/mol. The molecule has 0 aliphatic heterocycles. The molecule has 2 aromatic carbocycles. The second kappa shape index (κ2) is 9.16. The minimum Gasteiger partial charge on any atom is -0.302 e. The van der Waals surface area contributed by atoms with Crippen molar-refractivity contribution >= 4 is 48.5 Å². The Balaban J connectivity index is 1.98. The lowest BCUT2D eigenvalue weighted by Crippen LogP contribution is -2.38. The zero-order chi connectivity index (χ0) is 20.3. The van der Waals surface area contributed by atoms with Crippen molar-refractivity contribution in [3.05, 3.63) is 57.6 Å². The highest BCUT2D eigenvalue weighted by molar-refractivity contribution is 9.10. The van der Waals surface area contributed by atoms with Crippen molar-refractivity contribution < 1.29 is 4.79 Å². The van der Waals surface area contributed by atoms with Gasteiger partial charge in [0, 0.05) is 23.1 Å². The van der Waals surface area contributed by atoms with E-state index in [4.69, 9.17) is 4.98 Å². The Hall–Kier alpha value is -1.76. The largest absolute Gasteiger partial charge is 0.302 e. The minimum atomic E-state index is -0.00640. The van der Waals surface area contributed by atoms with E-state index < -0.39 is 0 Å². The van der Waals surface area contributed by atoms with Crippen LogP contribution in [0.3, 0.4) is 0 Å². The van der Waals surface area contributed by atoms with Gasteiger partial charge in [0.2, 0.25) is 0 Å². The molecule has 0 spiro atoms. The highest BCUT2D eigenvalue weighted by Gasteiger charge is 2.22. The van der Waals surface area contributed by atoms with Crippen molar-refractivity contribution in [2.24, 2.45) is 0 Å². The monoisotopic (exact) mass is 459 g/mol. The molecular formula is C22H26BrN3OS. The first-order valence-corrected chi connectivity index (χ1v) is 11.2.